The molecule has 0 spiro atoms. The molecule has 108 valence electrons. The Balaban J connectivity index is 2.12. The lowest BCUT2D eigenvalue weighted by molar-refractivity contribution is 0.0690. The number of pyridine rings is 1. The molecule has 1 heterocycles. The number of amides is 1. The topological polar surface area (TPSA) is 79.3 Å². The average Bonchev–Trinajstić information content (AvgIpc) is 2.48. The van der Waals surface area contributed by atoms with Crippen molar-refractivity contribution in [1.29, 1.82) is 0 Å². The Kier molecular flexibility index (Phi) is 4.27. The van der Waals surface area contributed by atoms with Gasteiger partial charge in [0.15, 0.2) is 0 Å². The van der Waals surface area contributed by atoms with E-state index in [-0.39, 0.29) is 23.1 Å². The van der Waals surface area contributed by atoms with Gasteiger partial charge >= 0.3 is 5.97 Å². The minimum Gasteiger partial charge on any atom is -0.477 e. The van der Waals surface area contributed by atoms with E-state index in [0.717, 1.165) is 5.56 Å². The molecule has 2 aromatic rings. The molecule has 1 atom stereocenters. The maximum atomic E-state index is 12.8. The van der Waals surface area contributed by atoms with Gasteiger partial charge in [-0.15, -0.1) is 0 Å². The fourth-order valence-corrected chi connectivity index (χ4v) is 1.80. The number of aromatic nitrogens is 1. The summed E-state index contributed by atoms with van der Waals surface area (Å²) in [5, 5.41) is 11.6. The largest absolute Gasteiger partial charge is 0.477 e. The molecule has 0 unspecified atom stereocenters. The summed E-state index contributed by atoms with van der Waals surface area (Å²) >= 11 is 0. The molecule has 0 aliphatic heterocycles. The summed E-state index contributed by atoms with van der Waals surface area (Å²) in [5.41, 5.74) is 0.755. The fraction of sp³-hybridized carbons (Fsp3) is 0.133. The second-order valence-electron chi connectivity index (χ2n) is 4.48. The molecule has 0 radical (unpaired) electrons. The monoisotopic (exact) mass is 288 g/mol. The van der Waals surface area contributed by atoms with Crippen molar-refractivity contribution in [2.24, 2.45) is 0 Å². The van der Waals surface area contributed by atoms with Gasteiger partial charge in [0.2, 0.25) is 0 Å². The van der Waals surface area contributed by atoms with Gasteiger partial charge in [-0.1, -0.05) is 12.1 Å². The molecule has 0 fully saturated rings. The lowest BCUT2D eigenvalue weighted by atomic mass is 10.1. The van der Waals surface area contributed by atoms with E-state index >= 15 is 0 Å². The smallest absolute Gasteiger partial charge is 0.354 e. The van der Waals surface area contributed by atoms with Gasteiger partial charge in [0, 0.05) is 11.8 Å². The van der Waals surface area contributed by atoms with Crippen molar-refractivity contribution >= 4 is 11.9 Å². The highest BCUT2D eigenvalue weighted by molar-refractivity contribution is 5.96. The summed E-state index contributed by atoms with van der Waals surface area (Å²) in [7, 11) is 0. The molecule has 0 bridgehead atoms. The van der Waals surface area contributed by atoms with Crippen LogP contribution in [0.25, 0.3) is 0 Å². The van der Waals surface area contributed by atoms with Crippen molar-refractivity contribution in [2.75, 3.05) is 0 Å². The summed E-state index contributed by atoms with van der Waals surface area (Å²) < 4.78 is 12.8. The average molecular weight is 288 g/mol. The molecule has 5 nitrogen and oxygen atoms in total. The third-order valence-corrected chi connectivity index (χ3v) is 2.96. The van der Waals surface area contributed by atoms with Crippen LogP contribution in [0.15, 0.2) is 42.6 Å². The van der Waals surface area contributed by atoms with E-state index in [1.807, 2.05) is 0 Å². The van der Waals surface area contributed by atoms with Crippen LogP contribution in [-0.2, 0) is 0 Å². The van der Waals surface area contributed by atoms with E-state index in [1.165, 1.54) is 30.5 Å². The van der Waals surface area contributed by atoms with Crippen LogP contribution < -0.4 is 5.32 Å². The minimum absolute atomic E-state index is 0.197. The standard InChI is InChI=1S/C15H13FN2O3/c1-9(10-2-4-12(16)5-3-10)18-14(19)11-6-7-17-13(8-11)15(20)21/h2-9H,1H3,(H,18,19)(H,20,21)/t9-/m0/s1. The zero-order valence-corrected chi connectivity index (χ0v) is 11.2. The maximum Gasteiger partial charge on any atom is 0.354 e. The van der Waals surface area contributed by atoms with Gasteiger partial charge in [0.25, 0.3) is 5.91 Å². The first-order chi connectivity index (χ1) is 9.97. The molecule has 1 aromatic heterocycles. The van der Waals surface area contributed by atoms with E-state index in [0.29, 0.717) is 0 Å². The Hall–Kier alpha value is -2.76. The van der Waals surface area contributed by atoms with Crippen LogP contribution in [0, 0.1) is 5.82 Å². The highest BCUT2D eigenvalue weighted by Crippen LogP contribution is 2.14. The molecule has 2 rings (SSSR count). The summed E-state index contributed by atoms with van der Waals surface area (Å²) in [6.45, 7) is 1.75. The summed E-state index contributed by atoms with van der Waals surface area (Å²) in [5.74, 6) is -1.97. The summed E-state index contributed by atoms with van der Waals surface area (Å²) in [6, 6.07) is 8.08. The van der Waals surface area contributed by atoms with Gasteiger partial charge in [-0.05, 0) is 36.8 Å². The molecule has 0 saturated carbocycles. The van der Waals surface area contributed by atoms with Gasteiger partial charge in [-0.3, -0.25) is 4.79 Å². The maximum absolute atomic E-state index is 12.8. The third kappa shape index (κ3) is 3.62. The van der Waals surface area contributed by atoms with E-state index in [9.17, 15) is 14.0 Å². The first-order valence-electron chi connectivity index (χ1n) is 6.23. The van der Waals surface area contributed by atoms with Gasteiger partial charge in [0.05, 0.1) is 6.04 Å². The first-order valence-corrected chi connectivity index (χ1v) is 6.23. The third-order valence-electron chi connectivity index (χ3n) is 2.96. The predicted molar refractivity (Wildman–Crippen MR) is 73.5 cm³/mol. The zero-order chi connectivity index (χ0) is 15.4. The number of rotatable bonds is 4. The number of hydrogen-bond donors (Lipinski definition) is 2. The second kappa shape index (κ2) is 6.13. The number of nitrogens with zero attached hydrogens (tertiary/aromatic N) is 1. The number of carbonyl (C=O) groups excluding carboxylic acids is 1. The molecule has 0 saturated heterocycles. The summed E-state index contributed by atoms with van der Waals surface area (Å²) in [6.07, 6.45) is 1.26. The van der Waals surface area contributed by atoms with Gasteiger partial charge in [0.1, 0.15) is 11.5 Å². The Morgan fingerprint density at radius 2 is 1.90 bits per heavy atom. The molecule has 0 aliphatic rings. The minimum atomic E-state index is -1.20. The molecule has 2 N–H and O–H groups in total. The van der Waals surface area contributed by atoms with Crippen LogP contribution in [0.5, 0.6) is 0 Å². The Morgan fingerprint density at radius 3 is 2.52 bits per heavy atom. The number of aromatic carboxylic acids is 1. The van der Waals surface area contributed by atoms with Crippen LogP contribution >= 0.6 is 0 Å². The van der Waals surface area contributed by atoms with E-state index in [2.05, 4.69) is 10.3 Å². The number of carboxylic acid groups (broad SMARTS) is 1. The zero-order valence-electron chi connectivity index (χ0n) is 11.2. The summed E-state index contributed by atoms with van der Waals surface area (Å²) in [4.78, 5) is 26.5. The number of benzene rings is 1. The highest BCUT2D eigenvalue weighted by Gasteiger charge is 2.14. The SMILES string of the molecule is C[C@H](NC(=O)c1ccnc(C(=O)O)c1)c1ccc(F)cc1. The lowest BCUT2D eigenvalue weighted by Gasteiger charge is -2.14. The normalized spacial score (nSPS) is 11.7. The molecular weight excluding hydrogens is 275 g/mol. The van der Waals surface area contributed by atoms with Gasteiger partial charge < -0.3 is 10.4 Å². The van der Waals surface area contributed by atoms with Crippen molar-refractivity contribution in [3.05, 3.63) is 65.2 Å². The van der Waals surface area contributed by atoms with Crippen molar-refractivity contribution in [3.8, 4) is 0 Å². The quantitative estimate of drug-likeness (QED) is 0.905. The number of hydrogen-bond acceptors (Lipinski definition) is 3. The van der Waals surface area contributed by atoms with Crippen molar-refractivity contribution in [2.45, 2.75) is 13.0 Å². The molecule has 1 aromatic carbocycles. The second-order valence-corrected chi connectivity index (χ2v) is 4.48. The number of carboxylic acids is 1. The lowest BCUT2D eigenvalue weighted by Crippen LogP contribution is -2.27. The molecule has 0 aliphatic carbocycles. The Bertz CT molecular complexity index is 671. The van der Waals surface area contributed by atoms with E-state index in [1.54, 1.807) is 19.1 Å². The Labute approximate surface area is 120 Å². The van der Waals surface area contributed by atoms with Crippen molar-refractivity contribution in [3.63, 3.8) is 0 Å². The fourth-order valence-electron chi connectivity index (χ4n) is 1.80. The van der Waals surface area contributed by atoms with Crippen molar-refractivity contribution < 1.29 is 19.1 Å². The van der Waals surface area contributed by atoms with E-state index < -0.39 is 11.9 Å². The number of nitrogens with one attached hydrogen (secondary N) is 1. The molecule has 21 heavy (non-hydrogen) atoms. The number of carbonyl (C=O) groups is 2. The molecule has 6 heteroatoms. The van der Waals surface area contributed by atoms with Crippen LogP contribution in [0.2, 0.25) is 0 Å². The van der Waals surface area contributed by atoms with Crippen LogP contribution in [0.4, 0.5) is 4.39 Å². The number of halogens is 1. The van der Waals surface area contributed by atoms with Gasteiger partial charge in [-0.2, -0.15) is 0 Å². The first kappa shape index (κ1) is 14.6. The molecule has 1 amide bonds. The Morgan fingerprint density at radius 1 is 1.24 bits per heavy atom. The van der Waals surface area contributed by atoms with Crippen molar-refractivity contribution in [1.82, 2.24) is 10.3 Å². The van der Waals surface area contributed by atoms with Crippen LogP contribution in [0.1, 0.15) is 39.4 Å². The highest BCUT2D eigenvalue weighted by atomic mass is 19.1. The molecular formula is C15H13FN2O3. The van der Waals surface area contributed by atoms with Gasteiger partial charge in [-0.25, -0.2) is 14.2 Å². The van der Waals surface area contributed by atoms with E-state index in [4.69, 9.17) is 5.11 Å². The van der Waals surface area contributed by atoms with Crippen LogP contribution in [-0.4, -0.2) is 22.0 Å². The van der Waals surface area contributed by atoms with Crippen LogP contribution in [0.3, 0.4) is 0 Å². The predicted octanol–water partition coefficient (Wildman–Crippen LogP) is 2.41.